The van der Waals surface area contributed by atoms with Crippen molar-refractivity contribution >= 4 is 56.1 Å². The Hall–Kier alpha value is -3.98. The largest absolute Gasteiger partial charge is 0.486 e. The molecule has 47 heavy (non-hydrogen) atoms. The fourth-order valence-electron chi connectivity index (χ4n) is 5.26. The fraction of sp³-hybridized carbons (Fsp3) is 0.424. The topological polar surface area (TPSA) is 171 Å². The van der Waals surface area contributed by atoms with Crippen LogP contribution in [0, 0.1) is 5.92 Å². The number of nitrogens with one attached hydrogen (secondary N) is 2. The lowest BCUT2D eigenvalue weighted by atomic mass is 9.99. The Morgan fingerprint density at radius 3 is 2.34 bits per heavy atom. The number of benzene rings is 2. The lowest BCUT2D eigenvalue weighted by Gasteiger charge is -2.38. The second-order valence-corrected chi connectivity index (χ2v) is 15.0. The highest BCUT2D eigenvalue weighted by Crippen LogP contribution is 2.35. The highest BCUT2D eigenvalue weighted by atomic mass is 32.2. The number of hydrogen-bond acceptors (Lipinski definition) is 9. The molecule has 1 aliphatic heterocycles. The molecule has 2 aromatic carbocycles. The normalized spacial score (nSPS) is 17.3. The van der Waals surface area contributed by atoms with Gasteiger partial charge in [0.15, 0.2) is 5.75 Å². The van der Waals surface area contributed by atoms with Gasteiger partial charge in [0.2, 0.25) is 11.8 Å². The number of sulfonamides is 1. The van der Waals surface area contributed by atoms with Crippen LogP contribution in [0.5, 0.6) is 5.75 Å². The highest BCUT2D eigenvalue weighted by Gasteiger charge is 2.36. The molecule has 1 aromatic heterocycles. The van der Waals surface area contributed by atoms with Gasteiger partial charge in [-0.05, 0) is 55.5 Å². The first-order valence-corrected chi connectivity index (χ1v) is 17.9. The standard InChI is InChI=1S/C33H43N5O7S2/c1-22-19-38(23(2)21-39)33(42)24-11-9-14-27(32(24)45-28(22)20-37(3)47(43,44)31-17-10-18-46-31)36-30(41)16-6-4-5-15-29(40)35-26-13-8-7-12-25(26)34/h7-14,17-18,22-23,28,39H,4-6,15-16,19-21,34H2,1-3H3,(H,35,40)(H,36,41)/t22-,23+,28-/m1/s1. The van der Waals surface area contributed by atoms with Gasteiger partial charge in [0.25, 0.3) is 15.9 Å². The van der Waals surface area contributed by atoms with Crippen molar-refractivity contribution in [3.05, 3.63) is 65.5 Å². The molecule has 1 aliphatic rings. The summed E-state index contributed by atoms with van der Waals surface area (Å²) in [5.74, 6) is -0.990. The number of nitrogens with two attached hydrogens (primary N) is 1. The van der Waals surface area contributed by atoms with Crippen molar-refractivity contribution in [1.82, 2.24) is 9.21 Å². The van der Waals surface area contributed by atoms with E-state index in [-0.39, 0.29) is 71.7 Å². The van der Waals surface area contributed by atoms with Crippen LogP contribution >= 0.6 is 11.3 Å². The SMILES string of the molecule is C[C@@H]1CN([C@@H](C)CO)C(=O)c2cccc(NC(=O)CCCCCC(=O)Nc3ccccc3N)c2O[C@@H]1CN(C)S(=O)(=O)c1cccs1. The van der Waals surface area contributed by atoms with E-state index < -0.39 is 22.2 Å². The summed E-state index contributed by atoms with van der Waals surface area (Å²) in [7, 11) is -2.29. The van der Waals surface area contributed by atoms with Crippen molar-refractivity contribution in [2.24, 2.45) is 5.92 Å². The summed E-state index contributed by atoms with van der Waals surface area (Å²) >= 11 is 1.12. The summed E-state index contributed by atoms with van der Waals surface area (Å²) in [4.78, 5) is 40.6. The number of anilines is 3. The van der Waals surface area contributed by atoms with E-state index in [1.807, 2.05) is 6.92 Å². The van der Waals surface area contributed by atoms with Crippen molar-refractivity contribution in [1.29, 1.82) is 0 Å². The Kier molecular flexibility index (Phi) is 12.4. The van der Waals surface area contributed by atoms with E-state index in [4.69, 9.17) is 10.5 Å². The van der Waals surface area contributed by atoms with Gasteiger partial charge in [-0.1, -0.05) is 37.6 Å². The molecule has 4 rings (SSSR count). The van der Waals surface area contributed by atoms with Crippen LogP contribution in [-0.4, -0.2) is 79.3 Å². The summed E-state index contributed by atoms with van der Waals surface area (Å²) < 4.78 is 34.4. The molecule has 0 spiro atoms. The molecule has 0 bridgehead atoms. The first-order chi connectivity index (χ1) is 22.4. The van der Waals surface area contributed by atoms with E-state index in [9.17, 15) is 27.9 Å². The van der Waals surface area contributed by atoms with Gasteiger partial charge in [0.05, 0.1) is 41.8 Å². The van der Waals surface area contributed by atoms with Crippen LogP contribution in [-0.2, 0) is 19.6 Å². The number of thiophene rings is 1. The van der Waals surface area contributed by atoms with Crippen LogP contribution in [0.2, 0.25) is 0 Å². The van der Waals surface area contributed by atoms with Crippen molar-refractivity contribution in [2.75, 3.05) is 43.1 Å². The van der Waals surface area contributed by atoms with Crippen LogP contribution in [0.4, 0.5) is 17.1 Å². The number of aliphatic hydroxyl groups excluding tert-OH is 1. The average Bonchev–Trinajstić information content (AvgIpc) is 3.60. The van der Waals surface area contributed by atoms with E-state index in [0.29, 0.717) is 36.3 Å². The number of unbranched alkanes of at least 4 members (excludes halogenated alkanes) is 2. The molecule has 0 aliphatic carbocycles. The van der Waals surface area contributed by atoms with Crippen LogP contribution in [0.1, 0.15) is 56.3 Å². The summed E-state index contributed by atoms with van der Waals surface area (Å²) in [6, 6.07) is 14.6. The molecule has 0 unspecified atom stereocenters. The van der Waals surface area contributed by atoms with Gasteiger partial charge in [0.1, 0.15) is 10.3 Å². The van der Waals surface area contributed by atoms with Gasteiger partial charge in [-0.3, -0.25) is 14.4 Å². The molecule has 12 nitrogen and oxygen atoms in total. The number of fused-ring (bicyclic) bond motifs is 1. The number of aliphatic hydroxyl groups is 1. The maximum atomic E-state index is 13.7. The highest BCUT2D eigenvalue weighted by molar-refractivity contribution is 7.91. The first kappa shape index (κ1) is 35.9. The Labute approximate surface area is 279 Å². The number of ether oxygens (including phenoxy) is 1. The third-order valence-corrected chi connectivity index (χ3v) is 11.3. The summed E-state index contributed by atoms with van der Waals surface area (Å²) in [6.07, 6.45) is 1.55. The molecule has 254 valence electrons. The number of carbonyl (C=O) groups is 3. The number of nitrogen functional groups attached to an aromatic ring is 1. The molecule has 0 radical (unpaired) electrons. The van der Waals surface area contributed by atoms with Crippen LogP contribution in [0.3, 0.4) is 0 Å². The maximum absolute atomic E-state index is 13.7. The second kappa shape index (κ2) is 16.2. The van der Waals surface area contributed by atoms with E-state index >= 15 is 0 Å². The lowest BCUT2D eigenvalue weighted by Crippen LogP contribution is -2.50. The number of likely N-dealkylation sites (N-methyl/N-ethyl adjacent to an activating group) is 1. The number of rotatable bonds is 14. The third-order valence-electron chi connectivity index (χ3n) is 8.10. The predicted molar refractivity (Wildman–Crippen MR) is 183 cm³/mol. The van der Waals surface area contributed by atoms with Crippen LogP contribution < -0.4 is 21.1 Å². The average molecular weight is 686 g/mol. The molecule has 0 saturated heterocycles. The number of hydrogen-bond donors (Lipinski definition) is 4. The second-order valence-electron chi connectivity index (χ2n) is 11.8. The Bertz CT molecular complexity index is 1650. The monoisotopic (exact) mass is 685 g/mol. The molecule has 3 amide bonds. The zero-order valence-corrected chi connectivity index (χ0v) is 28.5. The minimum absolute atomic E-state index is 0.0108. The Morgan fingerprint density at radius 2 is 1.70 bits per heavy atom. The number of carbonyl (C=O) groups excluding carboxylic acids is 3. The number of para-hydroxylation sites is 3. The fourth-order valence-corrected chi connectivity index (χ4v) is 7.64. The van der Waals surface area contributed by atoms with Crippen LogP contribution in [0.15, 0.2) is 64.2 Å². The first-order valence-electron chi connectivity index (χ1n) is 15.6. The molecular weight excluding hydrogens is 643 g/mol. The molecule has 3 atom stereocenters. The molecule has 2 heterocycles. The molecule has 3 aromatic rings. The minimum Gasteiger partial charge on any atom is -0.486 e. The molecule has 14 heteroatoms. The summed E-state index contributed by atoms with van der Waals surface area (Å²) in [5, 5.41) is 17.3. The van der Waals surface area contributed by atoms with Gasteiger partial charge in [-0.15, -0.1) is 11.3 Å². The zero-order chi connectivity index (χ0) is 34.1. The van der Waals surface area contributed by atoms with E-state index in [0.717, 1.165) is 11.3 Å². The third kappa shape index (κ3) is 9.10. The lowest BCUT2D eigenvalue weighted by molar-refractivity contribution is -0.116. The van der Waals surface area contributed by atoms with Gasteiger partial charge in [-0.25, -0.2) is 8.42 Å². The minimum atomic E-state index is -3.78. The van der Waals surface area contributed by atoms with Crippen LogP contribution in [0.25, 0.3) is 0 Å². The van der Waals surface area contributed by atoms with E-state index in [2.05, 4.69) is 10.6 Å². The molecule has 0 fully saturated rings. The summed E-state index contributed by atoms with van der Waals surface area (Å²) in [5.41, 5.74) is 7.43. The van der Waals surface area contributed by atoms with Gasteiger partial charge in [-0.2, -0.15) is 4.31 Å². The quantitative estimate of drug-likeness (QED) is 0.143. The van der Waals surface area contributed by atoms with Crippen molar-refractivity contribution in [3.8, 4) is 5.75 Å². The van der Waals surface area contributed by atoms with Crippen molar-refractivity contribution in [3.63, 3.8) is 0 Å². The van der Waals surface area contributed by atoms with E-state index in [1.165, 1.54) is 11.4 Å². The van der Waals surface area contributed by atoms with E-state index in [1.54, 1.807) is 71.8 Å². The van der Waals surface area contributed by atoms with Gasteiger partial charge in [0, 0.05) is 32.4 Å². The van der Waals surface area contributed by atoms with Crippen molar-refractivity contribution in [2.45, 2.75) is 62.3 Å². The zero-order valence-electron chi connectivity index (χ0n) is 26.8. The Morgan fingerprint density at radius 1 is 1.04 bits per heavy atom. The molecule has 0 saturated carbocycles. The molecule has 5 N–H and O–H groups in total. The maximum Gasteiger partial charge on any atom is 0.258 e. The smallest absolute Gasteiger partial charge is 0.258 e. The summed E-state index contributed by atoms with van der Waals surface area (Å²) in [6.45, 7) is 3.56. The van der Waals surface area contributed by atoms with Gasteiger partial charge >= 0.3 is 0 Å². The number of amides is 3. The Balaban J connectivity index is 1.45. The molecular formula is C33H43N5O7S2. The van der Waals surface area contributed by atoms with Gasteiger partial charge < -0.3 is 31.1 Å². The van der Waals surface area contributed by atoms with Crippen molar-refractivity contribution < 1.29 is 32.6 Å². The predicted octanol–water partition coefficient (Wildman–Crippen LogP) is 4.40. The number of nitrogens with zero attached hydrogens (tertiary/aromatic N) is 2.